The Morgan fingerprint density at radius 2 is 2.06 bits per heavy atom. The van der Waals surface area contributed by atoms with Gasteiger partial charge in [-0.3, -0.25) is 4.79 Å². The van der Waals surface area contributed by atoms with Crippen LogP contribution in [0, 0.1) is 0 Å². The standard InChI is InChI=1S/C10H7BrClF3OS/c11-5-7(16)4-6-2-1-3-8(9(6)12)17-10(13,14)15/h1-3H,4-5H2. The number of hydrogen-bond donors (Lipinski definition) is 0. The number of carbonyl (C=O) groups excluding carboxylic acids is 1. The molecule has 0 unspecified atom stereocenters. The quantitative estimate of drug-likeness (QED) is 0.591. The molecule has 0 spiro atoms. The zero-order valence-electron chi connectivity index (χ0n) is 8.35. The molecule has 1 aromatic carbocycles. The van der Waals surface area contributed by atoms with E-state index in [-0.39, 0.29) is 39.2 Å². The van der Waals surface area contributed by atoms with Crippen LogP contribution in [0.5, 0.6) is 0 Å². The summed E-state index contributed by atoms with van der Waals surface area (Å²) in [5.41, 5.74) is -3.98. The van der Waals surface area contributed by atoms with Crippen LogP contribution in [-0.4, -0.2) is 16.6 Å². The average molecular weight is 348 g/mol. The first-order valence-electron chi connectivity index (χ1n) is 4.44. The van der Waals surface area contributed by atoms with E-state index >= 15 is 0 Å². The van der Waals surface area contributed by atoms with Gasteiger partial charge in [-0.15, -0.1) is 0 Å². The SMILES string of the molecule is O=C(CBr)Cc1cccc(SC(F)(F)F)c1Cl. The first-order chi connectivity index (χ1) is 7.83. The van der Waals surface area contributed by atoms with Crippen LogP contribution in [0.1, 0.15) is 5.56 Å². The van der Waals surface area contributed by atoms with Crippen molar-refractivity contribution >= 4 is 45.1 Å². The van der Waals surface area contributed by atoms with Gasteiger partial charge in [0.15, 0.2) is 0 Å². The average Bonchev–Trinajstić information content (AvgIpc) is 2.22. The van der Waals surface area contributed by atoms with Gasteiger partial charge in [-0.25, -0.2) is 0 Å². The molecule has 7 heteroatoms. The largest absolute Gasteiger partial charge is 0.446 e. The van der Waals surface area contributed by atoms with E-state index < -0.39 is 5.51 Å². The molecule has 0 aliphatic carbocycles. The van der Waals surface area contributed by atoms with Crippen LogP contribution in [0.4, 0.5) is 13.2 Å². The number of thioether (sulfide) groups is 1. The third-order valence-electron chi connectivity index (χ3n) is 1.81. The molecule has 1 rings (SSSR count). The Labute approximate surface area is 114 Å². The summed E-state index contributed by atoms with van der Waals surface area (Å²) in [5, 5.41) is 0.143. The van der Waals surface area contributed by atoms with Gasteiger partial charge in [0.1, 0.15) is 5.78 Å². The summed E-state index contributed by atoms with van der Waals surface area (Å²) in [6.07, 6.45) is 0.0241. The predicted octanol–water partition coefficient (Wildman–Crippen LogP) is 4.46. The van der Waals surface area contributed by atoms with Gasteiger partial charge in [0, 0.05) is 11.3 Å². The molecule has 0 amide bonds. The van der Waals surface area contributed by atoms with Crippen LogP contribution in [0.2, 0.25) is 5.02 Å². The fourth-order valence-electron chi connectivity index (χ4n) is 1.16. The first-order valence-corrected chi connectivity index (χ1v) is 6.76. The lowest BCUT2D eigenvalue weighted by Gasteiger charge is -2.10. The molecule has 94 valence electrons. The number of ketones is 1. The van der Waals surface area contributed by atoms with E-state index in [4.69, 9.17) is 11.6 Å². The first kappa shape index (κ1) is 14.9. The Bertz CT molecular complexity index is 423. The van der Waals surface area contributed by atoms with E-state index in [2.05, 4.69) is 15.9 Å². The van der Waals surface area contributed by atoms with Crippen molar-refractivity contribution in [1.82, 2.24) is 0 Å². The van der Waals surface area contributed by atoms with Crippen molar-refractivity contribution in [2.24, 2.45) is 0 Å². The van der Waals surface area contributed by atoms with E-state index in [1.165, 1.54) is 12.1 Å². The lowest BCUT2D eigenvalue weighted by molar-refractivity contribution is -0.115. The zero-order valence-corrected chi connectivity index (χ0v) is 11.5. The Balaban J connectivity index is 2.95. The van der Waals surface area contributed by atoms with E-state index in [0.29, 0.717) is 5.56 Å². The summed E-state index contributed by atoms with van der Waals surface area (Å²) >= 11 is 8.54. The molecule has 1 nitrogen and oxygen atoms in total. The summed E-state index contributed by atoms with van der Waals surface area (Å²) in [4.78, 5) is 11.1. The van der Waals surface area contributed by atoms with Gasteiger partial charge < -0.3 is 0 Å². The highest BCUT2D eigenvalue weighted by atomic mass is 79.9. The summed E-state index contributed by atoms with van der Waals surface area (Å²) < 4.78 is 36.6. The van der Waals surface area contributed by atoms with Crippen molar-refractivity contribution in [3.8, 4) is 0 Å². The summed E-state index contributed by atoms with van der Waals surface area (Å²) in [7, 11) is 0. The second kappa shape index (κ2) is 6.11. The molecule has 0 heterocycles. The highest BCUT2D eigenvalue weighted by Gasteiger charge is 2.30. The molecule has 0 N–H and O–H groups in total. The minimum atomic E-state index is -4.39. The topological polar surface area (TPSA) is 17.1 Å². The second-order valence-corrected chi connectivity index (χ2v) is 5.17. The fraction of sp³-hybridized carbons (Fsp3) is 0.300. The van der Waals surface area contributed by atoms with Crippen LogP contribution < -0.4 is 0 Å². The Kier molecular flexibility index (Phi) is 5.34. The minimum absolute atomic E-state index is 0.0101. The molecule has 17 heavy (non-hydrogen) atoms. The maximum absolute atomic E-state index is 12.2. The maximum Gasteiger partial charge on any atom is 0.446 e. The van der Waals surface area contributed by atoms with Gasteiger partial charge in [-0.2, -0.15) is 13.2 Å². The molecule has 0 bridgehead atoms. The molecule has 0 radical (unpaired) electrons. The molecule has 0 aliphatic rings. The number of alkyl halides is 4. The molecule has 0 saturated carbocycles. The van der Waals surface area contributed by atoms with Gasteiger partial charge in [-0.1, -0.05) is 39.7 Å². The molecule has 0 saturated heterocycles. The molecule has 0 aliphatic heterocycles. The smallest absolute Gasteiger partial charge is 0.298 e. The van der Waals surface area contributed by atoms with Gasteiger partial charge in [0.2, 0.25) is 0 Å². The Hall–Kier alpha value is -0.200. The van der Waals surface area contributed by atoms with Crippen molar-refractivity contribution in [3.63, 3.8) is 0 Å². The molecular weight excluding hydrogens is 341 g/mol. The van der Waals surface area contributed by atoms with Crippen molar-refractivity contribution in [3.05, 3.63) is 28.8 Å². The van der Waals surface area contributed by atoms with E-state index in [1.807, 2.05) is 0 Å². The summed E-state index contributed by atoms with van der Waals surface area (Å²) in [5.74, 6) is -0.138. The number of halogens is 5. The number of benzene rings is 1. The lowest BCUT2D eigenvalue weighted by atomic mass is 10.1. The number of rotatable bonds is 4. The minimum Gasteiger partial charge on any atom is -0.298 e. The molecule has 0 aromatic heterocycles. The van der Waals surface area contributed by atoms with Gasteiger partial charge in [-0.05, 0) is 23.4 Å². The number of Topliss-reactive ketones (excluding diaryl/α,β-unsaturated/α-hetero) is 1. The van der Waals surface area contributed by atoms with Gasteiger partial charge in [0.25, 0.3) is 0 Å². The second-order valence-electron chi connectivity index (χ2n) is 3.13. The van der Waals surface area contributed by atoms with Crippen LogP contribution >= 0.6 is 39.3 Å². The monoisotopic (exact) mass is 346 g/mol. The summed E-state index contributed by atoms with van der Waals surface area (Å²) in [6.45, 7) is 0. The van der Waals surface area contributed by atoms with Crippen LogP contribution in [-0.2, 0) is 11.2 Å². The number of hydrogen-bond acceptors (Lipinski definition) is 2. The van der Waals surface area contributed by atoms with Crippen LogP contribution in [0.3, 0.4) is 0 Å². The normalized spacial score (nSPS) is 11.6. The van der Waals surface area contributed by atoms with Crippen LogP contribution in [0.15, 0.2) is 23.1 Å². The zero-order chi connectivity index (χ0) is 13.1. The third-order valence-corrected chi connectivity index (χ3v) is 3.78. The highest BCUT2D eigenvalue weighted by Crippen LogP contribution is 2.41. The van der Waals surface area contributed by atoms with Gasteiger partial charge >= 0.3 is 5.51 Å². The molecule has 1 aromatic rings. The predicted molar refractivity (Wildman–Crippen MR) is 65.9 cm³/mol. The number of carbonyl (C=O) groups is 1. The molecule has 0 fully saturated rings. The van der Waals surface area contributed by atoms with E-state index in [0.717, 1.165) is 0 Å². The fourth-order valence-corrected chi connectivity index (χ4v) is 2.28. The van der Waals surface area contributed by atoms with E-state index in [1.54, 1.807) is 6.07 Å². The van der Waals surface area contributed by atoms with Crippen molar-refractivity contribution in [2.45, 2.75) is 16.8 Å². The summed E-state index contributed by atoms with van der Waals surface area (Å²) in [6, 6.07) is 4.28. The van der Waals surface area contributed by atoms with Crippen molar-refractivity contribution in [1.29, 1.82) is 0 Å². The third kappa shape index (κ3) is 4.89. The van der Waals surface area contributed by atoms with Crippen molar-refractivity contribution in [2.75, 3.05) is 5.33 Å². The van der Waals surface area contributed by atoms with E-state index in [9.17, 15) is 18.0 Å². The Morgan fingerprint density at radius 1 is 1.41 bits per heavy atom. The van der Waals surface area contributed by atoms with Gasteiger partial charge in [0.05, 0.1) is 10.4 Å². The molecule has 0 atom stereocenters. The maximum atomic E-state index is 12.2. The molecular formula is C10H7BrClF3OS. The van der Waals surface area contributed by atoms with Crippen molar-refractivity contribution < 1.29 is 18.0 Å². The lowest BCUT2D eigenvalue weighted by Crippen LogP contribution is -2.05. The van der Waals surface area contributed by atoms with Crippen LogP contribution in [0.25, 0.3) is 0 Å². The highest BCUT2D eigenvalue weighted by molar-refractivity contribution is 9.09. The Morgan fingerprint density at radius 3 is 2.59 bits per heavy atom.